The van der Waals surface area contributed by atoms with Crippen LogP contribution in [0.5, 0.6) is 0 Å². The van der Waals surface area contributed by atoms with Gasteiger partial charge in [0.1, 0.15) is 5.82 Å². The fourth-order valence-electron chi connectivity index (χ4n) is 2.62. The Morgan fingerprint density at radius 1 is 1.39 bits per heavy atom. The number of anilines is 2. The summed E-state index contributed by atoms with van der Waals surface area (Å²) in [5.41, 5.74) is 6.41. The monoisotopic (exact) mass is 269 g/mol. The van der Waals surface area contributed by atoms with Gasteiger partial charge in [0.25, 0.3) is 0 Å². The van der Waals surface area contributed by atoms with Gasteiger partial charge >= 0.3 is 0 Å². The highest BCUT2D eigenvalue weighted by Crippen LogP contribution is 2.30. The zero-order valence-electron chi connectivity index (χ0n) is 10.4. The van der Waals surface area contributed by atoms with Crippen LogP contribution in [-0.2, 0) is 0 Å². The predicted octanol–water partition coefficient (Wildman–Crippen LogP) is 2.53. The van der Waals surface area contributed by atoms with E-state index in [1.165, 1.54) is 12.8 Å². The molecule has 1 saturated carbocycles. The number of rotatable bonds is 4. The zero-order chi connectivity index (χ0) is 13.0. The molecule has 4 N–H and O–H groups in total. The second kappa shape index (κ2) is 6.25. The van der Waals surface area contributed by atoms with Crippen molar-refractivity contribution in [2.75, 3.05) is 24.2 Å². The number of nitrogens with zero attached hydrogens (tertiary/aromatic N) is 1. The molecule has 2 unspecified atom stereocenters. The molecule has 1 aliphatic carbocycles. The van der Waals surface area contributed by atoms with Crippen molar-refractivity contribution in [2.24, 2.45) is 11.8 Å². The van der Waals surface area contributed by atoms with E-state index in [0.717, 1.165) is 19.4 Å². The average molecular weight is 270 g/mol. The van der Waals surface area contributed by atoms with E-state index < -0.39 is 0 Å². The molecule has 1 aliphatic rings. The summed E-state index contributed by atoms with van der Waals surface area (Å²) < 4.78 is 0. The van der Waals surface area contributed by atoms with Crippen LogP contribution >= 0.6 is 11.6 Å². The van der Waals surface area contributed by atoms with E-state index in [2.05, 4.69) is 10.3 Å². The largest absolute Gasteiger partial charge is 0.396 e. The predicted molar refractivity (Wildman–Crippen MR) is 74.7 cm³/mol. The standard InChI is InChI=1S/C13H20ClN3O/c14-11-5-12(15)13(17-7-11)16-6-9-3-1-2-4-10(9)8-18/h5,7,9-10,18H,1-4,6,8,15H2,(H,16,17). The maximum Gasteiger partial charge on any atom is 0.149 e. The molecule has 100 valence electrons. The molecule has 2 atom stereocenters. The highest BCUT2D eigenvalue weighted by molar-refractivity contribution is 6.30. The Hall–Kier alpha value is -1.00. The summed E-state index contributed by atoms with van der Waals surface area (Å²) in [6.45, 7) is 1.08. The Bertz CT molecular complexity index is 400. The average Bonchev–Trinajstić information content (AvgIpc) is 2.38. The SMILES string of the molecule is Nc1cc(Cl)cnc1NCC1CCCCC1CO. The Kier molecular flexibility index (Phi) is 4.66. The minimum atomic E-state index is 0.274. The summed E-state index contributed by atoms with van der Waals surface area (Å²) in [5, 5.41) is 13.2. The lowest BCUT2D eigenvalue weighted by Crippen LogP contribution is -2.29. The van der Waals surface area contributed by atoms with E-state index in [1.54, 1.807) is 12.3 Å². The number of nitrogen functional groups attached to an aromatic ring is 1. The molecule has 0 aliphatic heterocycles. The van der Waals surface area contributed by atoms with Gasteiger partial charge in [-0.25, -0.2) is 4.98 Å². The normalized spacial score (nSPS) is 23.9. The summed E-state index contributed by atoms with van der Waals surface area (Å²) in [5.74, 6) is 1.59. The minimum absolute atomic E-state index is 0.274. The van der Waals surface area contributed by atoms with Crippen LogP contribution in [0.1, 0.15) is 25.7 Å². The van der Waals surface area contributed by atoms with E-state index >= 15 is 0 Å². The van der Waals surface area contributed by atoms with Crippen LogP contribution in [0.2, 0.25) is 5.02 Å². The van der Waals surface area contributed by atoms with Crippen LogP contribution in [0.15, 0.2) is 12.3 Å². The molecule has 0 saturated heterocycles. The number of halogens is 1. The van der Waals surface area contributed by atoms with E-state index in [1.807, 2.05) is 0 Å². The van der Waals surface area contributed by atoms with Gasteiger partial charge in [-0.2, -0.15) is 0 Å². The van der Waals surface area contributed by atoms with Gasteiger partial charge in [0.15, 0.2) is 0 Å². The first-order valence-electron chi connectivity index (χ1n) is 6.46. The summed E-state index contributed by atoms with van der Waals surface area (Å²) in [4.78, 5) is 4.18. The first-order valence-corrected chi connectivity index (χ1v) is 6.84. The van der Waals surface area contributed by atoms with Crippen molar-refractivity contribution in [1.29, 1.82) is 0 Å². The van der Waals surface area contributed by atoms with Crippen molar-refractivity contribution < 1.29 is 5.11 Å². The van der Waals surface area contributed by atoms with Crippen LogP contribution in [0.25, 0.3) is 0 Å². The third kappa shape index (κ3) is 3.27. The Labute approximate surface area is 113 Å². The Morgan fingerprint density at radius 2 is 2.11 bits per heavy atom. The molecule has 4 nitrogen and oxygen atoms in total. The van der Waals surface area contributed by atoms with E-state index in [4.69, 9.17) is 17.3 Å². The van der Waals surface area contributed by atoms with Crippen molar-refractivity contribution in [3.63, 3.8) is 0 Å². The molecular formula is C13H20ClN3O. The van der Waals surface area contributed by atoms with Crippen LogP contribution in [0.4, 0.5) is 11.5 Å². The van der Waals surface area contributed by atoms with Gasteiger partial charge in [0.05, 0.1) is 10.7 Å². The number of aromatic nitrogens is 1. The fourth-order valence-corrected chi connectivity index (χ4v) is 2.79. The molecule has 1 aromatic heterocycles. The molecule has 1 fully saturated rings. The third-order valence-electron chi connectivity index (χ3n) is 3.72. The number of nitrogens with two attached hydrogens (primary N) is 1. The molecule has 0 bridgehead atoms. The topological polar surface area (TPSA) is 71.2 Å². The number of aliphatic hydroxyl groups excluding tert-OH is 1. The summed E-state index contributed by atoms with van der Waals surface area (Å²) >= 11 is 5.81. The zero-order valence-corrected chi connectivity index (χ0v) is 11.2. The smallest absolute Gasteiger partial charge is 0.149 e. The van der Waals surface area contributed by atoms with Gasteiger partial charge in [0, 0.05) is 19.3 Å². The first-order chi connectivity index (χ1) is 8.70. The number of hydrogen-bond donors (Lipinski definition) is 3. The fraction of sp³-hybridized carbons (Fsp3) is 0.615. The second-order valence-electron chi connectivity index (χ2n) is 4.96. The second-order valence-corrected chi connectivity index (χ2v) is 5.40. The number of nitrogens with one attached hydrogen (secondary N) is 1. The van der Waals surface area contributed by atoms with Crippen molar-refractivity contribution >= 4 is 23.1 Å². The van der Waals surface area contributed by atoms with Gasteiger partial charge in [-0.1, -0.05) is 24.4 Å². The highest BCUT2D eigenvalue weighted by Gasteiger charge is 2.24. The highest BCUT2D eigenvalue weighted by atomic mass is 35.5. The van der Waals surface area contributed by atoms with E-state index in [9.17, 15) is 5.11 Å². The van der Waals surface area contributed by atoms with E-state index in [0.29, 0.717) is 28.4 Å². The van der Waals surface area contributed by atoms with Crippen LogP contribution in [0.3, 0.4) is 0 Å². The molecule has 0 amide bonds. The minimum Gasteiger partial charge on any atom is -0.396 e. The van der Waals surface area contributed by atoms with Crippen molar-refractivity contribution in [3.05, 3.63) is 17.3 Å². The molecule has 5 heteroatoms. The molecule has 2 rings (SSSR count). The number of pyridine rings is 1. The molecule has 1 heterocycles. The molecule has 0 aromatic carbocycles. The lowest BCUT2D eigenvalue weighted by molar-refractivity contribution is 0.141. The lowest BCUT2D eigenvalue weighted by Gasteiger charge is -2.30. The molecule has 0 radical (unpaired) electrons. The van der Waals surface area contributed by atoms with Crippen LogP contribution in [-0.4, -0.2) is 23.2 Å². The maximum atomic E-state index is 9.36. The Balaban J connectivity index is 1.93. The van der Waals surface area contributed by atoms with Gasteiger partial charge in [0.2, 0.25) is 0 Å². The molecule has 0 spiro atoms. The van der Waals surface area contributed by atoms with Crippen LogP contribution < -0.4 is 11.1 Å². The Morgan fingerprint density at radius 3 is 2.78 bits per heavy atom. The van der Waals surface area contributed by atoms with Crippen molar-refractivity contribution in [2.45, 2.75) is 25.7 Å². The molecule has 1 aromatic rings. The van der Waals surface area contributed by atoms with Crippen molar-refractivity contribution in [1.82, 2.24) is 4.98 Å². The quantitative estimate of drug-likeness (QED) is 0.786. The van der Waals surface area contributed by atoms with Gasteiger partial charge in [-0.05, 0) is 30.7 Å². The number of aliphatic hydroxyl groups is 1. The first kappa shape index (κ1) is 13.4. The number of hydrogen-bond acceptors (Lipinski definition) is 4. The molecule has 18 heavy (non-hydrogen) atoms. The molecular weight excluding hydrogens is 250 g/mol. The van der Waals surface area contributed by atoms with E-state index in [-0.39, 0.29) is 6.61 Å². The van der Waals surface area contributed by atoms with Gasteiger partial charge in [-0.3, -0.25) is 0 Å². The van der Waals surface area contributed by atoms with Crippen LogP contribution in [0, 0.1) is 11.8 Å². The third-order valence-corrected chi connectivity index (χ3v) is 3.92. The van der Waals surface area contributed by atoms with Gasteiger partial charge < -0.3 is 16.2 Å². The maximum absolute atomic E-state index is 9.36. The lowest BCUT2D eigenvalue weighted by atomic mass is 9.79. The summed E-state index contributed by atoms with van der Waals surface area (Å²) in [7, 11) is 0. The summed E-state index contributed by atoms with van der Waals surface area (Å²) in [6, 6.07) is 1.70. The summed E-state index contributed by atoms with van der Waals surface area (Å²) in [6.07, 6.45) is 6.33. The van der Waals surface area contributed by atoms with Crippen molar-refractivity contribution in [3.8, 4) is 0 Å². The van der Waals surface area contributed by atoms with Gasteiger partial charge in [-0.15, -0.1) is 0 Å².